The molecule has 0 aliphatic heterocycles. The van der Waals surface area contributed by atoms with E-state index >= 15 is 0 Å². The van der Waals surface area contributed by atoms with E-state index in [9.17, 15) is 9.90 Å². The van der Waals surface area contributed by atoms with Crippen molar-refractivity contribution in [2.75, 3.05) is 6.26 Å². The van der Waals surface area contributed by atoms with Crippen LogP contribution in [0.15, 0.2) is 23.5 Å². The largest absolute Gasteiger partial charge is 0.543 e. The third-order valence-electron chi connectivity index (χ3n) is 3.38. The third kappa shape index (κ3) is 2.21. The molecule has 0 radical (unpaired) electrons. The second kappa shape index (κ2) is 4.95. The first-order chi connectivity index (χ1) is 10.3. The molecule has 7 heteroatoms. The molecule has 22 heavy (non-hydrogen) atoms. The molecule has 0 fully saturated rings. The van der Waals surface area contributed by atoms with E-state index in [2.05, 4.69) is 15.1 Å². The minimum Gasteiger partial charge on any atom is -0.543 e. The molecule has 0 unspecified atom stereocenters. The number of fused-ring (bicyclic) bond motifs is 3. The van der Waals surface area contributed by atoms with Gasteiger partial charge >= 0.3 is 0 Å². The Morgan fingerprint density at radius 1 is 1.32 bits per heavy atom. The Hall–Kier alpha value is -2.15. The maximum atomic E-state index is 11.4. The number of hydrogen-bond acceptors (Lipinski definition) is 6. The number of aromatic carboxylic acids is 1. The van der Waals surface area contributed by atoms with Crippen LogP contribution in [0.4, 0.5) is 0 Å². The van der Waals surface area contributed by atoms with Crippen molar-refractivity contribution < 1.29 is 9.90 Å². The molecule has 3 rings (SSSR count). The van der Waals surface area contributed by atoms with E-state index < -0.39 is 5.97 Å². The molecule has 2 aromatic heterocycles. The highest BCUT2D eigenvalue weighted by Gasteiger charge is 2.23. The standard InChI is InChI=1S/C15H16N4O2S/c1-15(2,3)19-12-9(11(18-19)13(20)21)6-5-8-7-16-14(22-4)17-10(8)12/h5-7H,1-4H3,(H,20,21)/p-1. The average molecular weight is 315 g/mol. The van der Waals surface area contributed by atoms with E-state index in [1.165, 1.54) is 11.8 Å². The monoisotopic (exact) mass is 315 g/mol. The van der Waals surface area contributed by atoms with Crippen LogP contribution in [0.2, 0.25) is 0 Å². The van der Waals surface area contributed by atoms with Gasteiger partial charge < -0.3 is 9.90 Å². The Morgan fingerprint density at radius 2 is 2.05 bits per heavy atom. The lowest BCUT2D eigenvalue weighted by Crippen LogP contribution is -2.26. The summed E-state index contributed by atoms with van der Waals surface area (Å²) in [5, 5.41) is 17.7. The maximum absolute atomic E-state index is 11.4. The first-order valence-corrected chi connectivity index (χ1v) is 7.99. The lowest BCUT2D eigenvalue weighted by atomic mass is 10.1. The summed E-state index contributed by atoms with van der Waals surface area (Å²) in [4.78, 5) is 20.2. The van der Waals surface area contributed by atoms with Crippen molar-refractivity contribution in [2.45, 2.75) is 31.5 Å². The fourth-order valence-corrected chi connectivity index (χ4v) is 2.75. The average Bonchev–Trinajstić information content (AvgIpc) is 2.86. The summed E-state index contributed by atoms with van der Waals surface area (Å²) in [7, 11) is 0. The number of rotatable bonds is 2. The van der Waals surface area contributed by atoms with E-state index in [0.29, 0.717) is 21.6 Å². The van der Waals surface area contributed by atoms with Crippen LogP contribution in [-0.4, -0.2) is 32.0 Å². The van der Waals surface area contributed by atoms with Gasteiger partial charge in [-0.25, -0.2) is 9.97 Å². The fraction of sp³-hybridized carbons (Fsp3) is 0.333. The van der Waals surface area contributed by atoms with Crippen LogP contribution in [-0.2, 0) is 5.54 Å². The van der Waals surface area contributed by atoms with Gasteiger partial charge in [-0.05, 0) is 33.1 Å². The van der Waals surface area contributed by atoms with Crippen LogP contribution in [0, 0.1) is 0 Å². The molecular formula is C15H15N4O2S-. The van der Waals surface area contributed by atoms with Crippen molar-refractivity contribution >= 4 is 39.5 Å². The molecule has 0 saturated heterocycles. The van der Waals surface area contributed by atoms with Gasteiger partial charge in [0.1, 0.15) is 11.2 Å². The minimum atomic E-state index is -1.29. The number of nitrogens with zero attached hydrogens (tertiary/aromatic N) is 4. The summed E-state index contributed by atoms with van der Waals surface area (Å²) < 4.78 is 1.70. The van der Waals surface area contributed by atoms with Crippen molar-refractivity contribution in [3.05, 3.63) is 24.0 Å². The van der Waals surface area contributed by atoms with Crippen LogP contribution in [0.1, 0.15) is 31.3 Å². The zero-order chi connectivity index (χ0) is 16.1. The molecule has 114 valence electrons. The van der Waals surface area contributed by atoms with Gasteiger partial charge in [-0.15, -0.1) is 0 Å². The molecule has 6 nitrogen and oxygen atoms in total. The van der Waals surface area contributed by atoms with Gasteiger partial charge in [0, 0.05) is 17.0 Å². The van der Waals surface area contributed by atoms with Crippen molar-refractivity contribution in [1.82, 2.24) is 19.7 Å². The number of carboxylic acid groups (broad SMARTS) is 1. The number of carbonyl (C=O) groups is 1. The SMILES string of the molecule is CSc1ncc2ccc3c(C(=O)[O-])nn(C(C)(C)C)c3c2n1. The molecule has 2 heterocycles. The Labute approximate surface area is 131 Å². The maximum Gasteiger partial charge on any atom is 0.187 e. The normalized spacial score (nSPS) is 12.2. The number of hydrogen-bond donors (Lipinski definition) is 0. The summed E-state index contributed by atoms with van der Waals surface area (Å²) in [6.45, 7) is 5.90. The van der Waals surface area contributed by atoms with Crippen molar-refractivity contribution in [1.29, 1.82) is 0 Å². The first-order valence-electron chi connectivity index (χ1n) is 6.77. The zero-order valence-corrected chi connectivity index (χ0v) is 13.6. The van der Waals surface area contributed by atoms with Crippen LogP contribution in [0.5, 0.6) is 0 Å². The molecule has 0 spiro atoms. The van der Waals surface area contributed by atoms with Gasteiger partial charge in [0.05, 0.1) is 17.0 Å². The minimum absolute atomic E-state index is 0.0591. The molecule has 3 aromatic rings. The fourth-order valence-electron chi connectivity index (χ4n) is 2.41. The highest BCUT2D eigenvalue weighted by molar-refractivity contribution is 7.98. The number of aromatic nitrogens is 4. The van der Waals surface area contributed by atoms with Gasteiger partial charge in [-0.3, -0.25) is 4.68 Å². The van der Waals surface area contributed by atoms with Crippen LogP contribution in [0.25, 0.3) is 21.8 Å². The van der Waals surface area contributed by atoms with Gasteiger partial charge in [0.15, 0.2) is 5.16 Å². The van der Waals surface area contributed by atoms with Gasteiger partial charge in [0.25, 0.3) is 0 Å². The zero-order valence-electron chi connectivity index (χ0n) is 12.7. The third-order valence-corrected chi connectivity index (χ3v) is 3.94. The van der Waals surface area contributed by atoms with Crippen LogP contribution < -0.4 is 5.11 Å². The van der Waals surface area contributed by atoms with Crippen LogP contribution in [0.3, 0.4) is 0 Å². The second-order valence-corrected chi connectivity index (χ2v) is 6.75. The van der Waals surface area contributed by atoms with Gasteiger partial charge in [0.2, 0.25) is 0 Å². The predicted molar refractivity (Wildman–Crippen MR) is 83.9 cm³/mol. The Morgan fingerprint density at radius 3 is 2.64 bits per heavy atom. The molecule has 0 bridgehead atoms. The number of thioether (sulfide) groups is 1. The smallest absolute Gasteiger partial charge is 0.187 e. The molecule has 1 aromatic carbocycles. The molecule has 0 N–H and O–H groups in total. The highest BCUT2D eigenvalue weighted by Crippen LogP contribution is 2.30. The lowest BCUT2D eigenvalue weighted by molar-refractivity contribution is -0.255. The summed E-state index contributed by atoms with van der Waals surface area (Å²) in [6.07, 6.45) is 3.64. The Bertz CT molecular complexity index is 896. The van der Waals surface area contributed by atoms with Crippen molar-refractivity contribution in [3.8, 4) is 0 Å². The van der Waals surface area contributed by atoms with E-state index in [4.69, 9.17) is 0 Å². The predicted octanol–water partition coefficient (Wildman–Crippen LogP) is 1.82. The molecule has 0 aliphatic rings. The molecular weight excluding hydrogens is 300 g/mol. The quantitative estimate of drug-likeness (QED) is 0.530. The van der Waals surface area contributed by atoms with Gasteiger partial charge in [-0.2, -0.15) is 5.10 Å². The molecule has 0 aliphatic carbocycles. The second-order valence-electron chi connectivity index (χ2n) is 5.97. The Balaban J connectivity index is 2.52. The molecule has 0 atom stereocenters. The highest BCUT2D eigenvalue weighted by atomic mass is 32.2. The van der Waals surface area contributed by atoms with Crippen molar-refractivity contribution in [2.24, 2.45) is 0 Å². The topological polar surface area (TPSA) is 83.7 Å². The lowest BCUT2D eigenvalue weighted by Gasteiger charge is -2.21. The summed E-state index contributed by atoms with van der Waals surface area (Å²) in [5.41, 5.74) is 0.954. The summed E-state index contributed by atoms with van der Waals surface area (Å²) in [5.74, 6) is -1.29. The molecule has 0 amide bonds. The first kappa shape index (κ1) is 14.8. The van der Waals surface area contributed by atoms with Crippen molar-refractivity contribution in [3.63, 3.8) is 0 Å². The van der Waals surface area contributed by atoms with Crippen LogP contribution >= 0.6 is 11.8 Å². The van der Waals surface area contributed by atoms with E-state index in [0.717, 1.165) is 5.39 Å². The summed E-state index contributed by atoms with van der Waals surface area (Å²) in [6, 6.07) is 3.54. The number of carbonyl (C=O) groups excluding carboxylic acids is 1. The van der Waals surface area contributed by atoms with E-state index in [-0.39, 0.29) is 11.2 Å². The summed E-state index contributed by atoms with van der Waals surface area (Å²) >= 11 is 1.44. The number of carboxylic acids is 1. The van der Waals surface area contributed by atoms with E-state index in [1.54, 1.807) is 16.9 Å². The van der Waals surface area contributed by atoms with Gasteiger partial charge in [-0.1, -0.05) is 17.8 Å². The van der Waals surface area contributed by atoms with E-state index in [1.807, 2.05) is 33.1 Å². The Kier molecular flexibility index (Phi) is 3.32. The number of benzene rings is 1. The molecule has 0 saturated carbocycles.